The smallest absolute Gasteiger partial charge is 0.254 e. The highest BCUT2D eigenvalue weighted by atomic mass is 16.5. The van der Waals surface area contributed by atoms with Crippen LogP contribution in [-0.2, 0) is 24.3 Å². The number of carbonyl (C=O) groups excluding carboxylic acids is 2. The fourth-order valence-electron chi connectivity index (χ4n) is 5.26. The molecule has 0 saturated carbocycles. The van der Waals surface area contributed by atoms with Gasteiger partial charge >= 0.3 is 0 Å². The third-order valence-electron chi connectivity index (χ3n) is 7.24. The number of fused-ring (bicyclic) bond motifs is 2. The number of carbonyl (C=O) groups is 2. The molecule has 5 rings (SSSR count). The van der Waals surface area contributed by atoms with E-state index in [9.17, 15) is 9.59 Å². The molecule has 0 aliphatic carbocycles. The average Bonchev–Trinajstić information content (AvgIpc) is 3.28. The van der Waals surface area contributed by atoms with Crippen molar-refractivity contribution in [1.82, 2.24) is 9.80 Å². The second kappa shape index (κ2) is 10.2. The van der Waals surface area contributed by atoms with Crippen molar-refractivity contribution in [2.75, 3.05) is 32.8 Å². The Kier molecular flexibility index (Phi) is 6.86. The number of hydrogen-bond donors (Lipinski definition) is 1. The molecule has 3 aliphatic heterocycles. The molecule has 0 atom stereocenters. The van der Waals surface area contributed by atoms with E-state index in [1.165, 1.54) is 5.56 Å². The van der Waals surface area contributed by atoms with Gasteiger partial charge in [0.15, 0.2) is 0 Å². The van der Waals surface area contributed by atoms with Crippen LogP contribution in [0.25, 0.3) is 0 Å². The van der Waals surface area contributed by atoms with Gasteiger partial charge in [-0.1, -0.05) is 12.1 Å². The zero-order valence-corrected chi connectivity index (χ0v) is 20.5. The van der Waals surface area contributed by atoms with Crippen LogP contribution in [0.3, 0.4) is 0 Å². The first kappa shape index (κ1) is 23.5. The monoisotopic (exact) mass is 474 g/mol. The summed E-state index contributed by atoms with van der Waals surface area (Å²) in [6.07, 6.45) is 4.31. The lowest BCUT2D eigenvalue weighted by Gasteiger charge is -2.29. The van der Waals surface area contributed by atoms with Crippen molar-refractivity contribution >= 4 is 17.5 Å². The lowest BCUT2D eigenvalue weighted by molar-refractivity contribution is -0.132. The summed E-state index contributed by atoms with van der Waals surface area (Å²) < 4.78 is 5.79. The summed E-state index contributed by atoms with van der Waals surface area (Å²) in [5.74, 6) is 1.06. The quantitative estimate of drug-likeness (QED) is 0.624. The maximum Gasteiger partial charge on any atom is 0.254 e. The summed E-state index contributed by atoms with van der Waals surface area (Å²) in [5, 5.41) is 0. The molecule has 2 amide bonds. The van der Waals surface area contributed by atoms with Crippen LogP contribution in [-0.4, -0.2) is 60.1 Å². The van der Waals surface area contributed by atoms with E-state index < -0.39 is 0 Å². The minimum Gasteiger partial charge on any atom is -0.494 e. The van der Waals surface area contributed by atoms with Crippen LogP contribution in [0.5, 0.6) is 5.75 Å². The third kappa shape index (κ3) is 4.96. The highest BCUT2D eigenvalue weighted by Crippen LogP contribution is 2.30. The summed E-state index contributed by atoms with van der Waals surface area (Å²) in [7, 11) is 0. The van der Waals surface area contributed by atoms with Gasteiger partial charge in [-0.05, 0) is 79.6 Å². The van der Waals surface area contributed by atoms with Crippen molar-refractivity contribution in [2.45, 2.75) is 52.1 Å². The number of likely N-dealkylation sites (tertiary alicyclic amines) is 1. The van der Waals surface area contributed by atoms with Crippen molar-refractivity contribution < 1.29 is 14.3 Å². The molecule has 7 heteroatoms. The van der Waals surface area contributed by atoms with Crippen LogP contribution in [0.4, 0.5) is 0 Å². The molecule has 0 spiro atoms. The van der Waals surface area contributed by atoms with Crippen molar-refractivity contribution in [2.24, 2.45) is 10.7 Å². The number of aliphatic imine (C=N–C) groups is 1. The molecule has 2 aromatic carbocycles. The van der Waals surface area contributed by atoms with E-state index in [-0.39, 0.29) is 11.8 Å². The molecule has 1 fully saturated rings. The van der Waals surface area contributed by atoms with Crippen LogP contribution in [0.15, 0.2) is 35.3 Å². The fraction of sp³-hybridized carbons (Fsp3) is 0.464. The molecule has 35 heavy (non-hydrogen) atoms. The van der Waals surface area contributed by atoms with E-state index in [2.05, 4.69) is 12.1 Å². The molecule has 3 heterocycles. The summed E-state index contributed by atoms with van der Waals surface area (Å²) in [6.45, 7) is 6.43. The Balaban J connectivity index is 1.34. The van der Waals surface area contributed by atoms with Gasteiger partial charge in [-0.3, -0.25) is 14.6 Å². The van der Waals surface area contributed by atoms with Crippen molar-refractivity contribution in [3.8, 4) is 5.75 Å². The first-order valence-corrected chi connectivity index (χ1v) is 12.7. The van der Waals surface area contributed by atoms with Gasteiger partial charge in [0.2, 0.25) is 5.91 Å². The second-order valence-corrected chi connectivity index (χ2v) is 9.76. The van der Waals surface area contributed by atoms with Gasteiger partial charge in [0, 0.05) is 43.7 Å². The number of hydrogen-bond acceptors (Lipinski definition) is 5. The summed E-state index contributed by atoms with van der Waals surface area (Å²) in [6, 6.07) is 10.2. The van der Waals surface area contributed by atoms with Gasteiger partial charge < -0.3 is 20.3 Å². The zero-order chi connectivity index (χ0) is 24.4. The molecular formula is C28H34N4O3. The minimum absolute atomic E-state index is 0.0334. The number of aryl methyl sites for hydroxylation is 1. The predicted octanol–water partition coefficient (Wildman–Crippen LogP) is 3.24. The number of ether oxygens (including phenoxy) is 1. The van der Waals surface area contributed by atoms with E-state index in [1.54, 1.807) is 0 Å². The normalized spacial score (nSPS) is 17.2. The molecule has 0 aromatic heterocycles. The molecule has 0 unspecified atom stereocenters. The SMILES string of the molecule is Cc1cc2c(cc1C(=O)N1Cc3ccc(OCCCN)cc3C1)C(CN1CCCCC1=O)=NCC2. The lowest BCUT2D eigenvalue weighted by atomic mass is 9.91. The number of piperidine rings is 1. The van der Waals surface area contributed by atoms with Gasteiger partial charge in [0.1, 0.15) is 5.75 Å². The largest absolute Gasteiger partial charge is 0.494 e. The van der Waals surface area contributed by atoms with Crippen molar-refractivity contribution in [1.29, 1.82) is 0 Å². The molecule has 2 aromatic rings. The first-order chi connectivity index (χ1) is 17.0. The van der Waals surface area contributed by atoms with Crippen LogP contribution in [0.1, 0.15) is 63.9 Å². The predicted molar refractivity (Wildman–Crippen MR) is 136 cm³/mol. The molecule has 2 N–H and O–H groups in total. The topological polar surface area (TPSA) is 88.2 Å². The van der Waals surface area contributed by atoms with Crippen molar-refractivity contribution in [3.05, 3.63) is 63.7 Å². The number of rotatable bonds is 7. The maximum absolute atomic E-state index is 13.6. The van der Waals surface area contributed by atoms with Gasteiger partial charge in [-0.2, -0.15) is 0 Å². The molecule has 0 bridgehead atoms. The van der Waals surface area contributed by atoms with E-state index >= 15 is 0 Å². The van der Waals surface area contributed by atoms with E-state index in [4.69, 9.17) is 15.5 Å². The Morgan fingerprint density at radius 2 is 1.94 bits per heavy atom. The molecule has 0 radical (unpaired) electrons. The van der Waals surface area contributed by atoms with Gasteiger partial charge in [0.25, 0.3) is 5.91 Å². The van der Waals surface area contributed by atoms with Crippen LogP contribution in [0.2, 0.25) is 0 Å². The Morgan fingerprint density at radius 3 is 2.77 bits per heavy atom. The minimum atomic E-state index is 0.0334. The number of benzene rings is 2. The summed E-state index contributed by atoms with van der Waals surface area (Å²) >= 11 is 0. The Hall–Kier alpha value is -3.19. The van der Waals surface area contributed by atoms with Gasteiger partial charge in [-0.25, -0.2) is 0 Å². The van der Waals surface area contributed by atoms with Gasteiger partial charge in [-0.15, -0.1) is 0 Å². The van der Waals surface area contributed by atoms with Crippen molar-refractivity contribution in [3.63, 3.8) is 0 Å². The Bertz CT molecular complexity index is 1170. The number of nitrogens with two attached hydrogens (primary N) is 1. The standard InChI is InChI=1S/C28H34N4O3/c1-19-13-20-8-10-30-26(18-31-11-3-2-5-27(31)33)25(20)15-24(19)28(34)32-16-21-6-7-23(14-22(21)17-32)35-12-4-9-29/h6-7,13-15H,2-5,8-12,16-18,29H2,1H3. The Labute approximate surface area is 207 Å². The number of nitrogens with zero attached hydrogens (tertiary/aromatic N) is 3. The average molecular weight is 475 g/mol. The zero-order valence-electron chi connectivity index (χ0n) is 20.5. The lowest BCUT2D eigenvalue weighted by Crippen LogP contribution is -2.40. The molecule has 1 saturated heterocycles. The highest BCUT2D eigenvalue weighted by molar-refractivity contribution is 6.07. The molecule has 7 nitrogen and oxygen atoms in total. The number of amides is 2. The second-order valence-electron chi connectivity index (χ2n) is 9.76. The van der Waals surface area contributed by atoms with E-state index in [0.717, 1.165) is 78.1 Å². The first-order valence-electron chi connectivity index (χ1n) is 12.7. The highest BCUT2D eigenvalue weighted by Gasteiger charge is 2.28. The van der Waals surface area contributed by atoms with Crippen LogP contribution < -0.4 is 10.5 Å². The van der Waals surface area contributed by atoms with Crippen LogP contribution >= 0.6 is 0 Å². The van der Waals surface area contributed by atoms with Crippen LogP contribution in [0, 0.1) is 6.92 Å². The van der Waals surface area contributed by atoms with E-state index in [0.29, 0.717) is 39.2 Å². The maximum atomic E-state index is 13.6. The third-order valence-corrected chi connectivity index (χ3v) is 7.24. The molecule has 184 valence electrons. The Morgan fingerprint density at radius 1 is 1.09 bits per heavy atom. The summed E-state index contributed by atoms with van der Waals surface area (Å²) in [5.41, 5.74) is 12.7. The summed E-state index contributed by atoms with van der Waals surface area (Å²) in [4.78, 5) is 34.6. The molecule has 3 aliphatic rings. The van der Waals surface area contributed by atoms with Gasteiger partial charge in [0.05, 0.1) is 18.9 Å². The molecular weight excluding hydrogens is 440 g/mol. The fourth-order valence-corrected chi connectivity index (χ4v) is 5.26. The van der Waals surface area contributed by atoms with E-state index in [1.807, 2.05) is 34.9 Å².